The molecule has 6 heteroatoms. The first-order chi connectivity index (χ1) is 7.61. The number of nitrogens with zero attached hydrogens (tertiary/aromatic N) is 2. The molecule has 0 bridgehead atoms. The quantitative estimate of drug-likeness (QED) is 0.846. The molecule has 0 amide bonds. The Morgan fingerprint density at radius 3 is 2.69 bits per heavy atom. The molecule has 16 heavy (non-hydrogen) atoms. The molecule has 0 aliphatic rings. The minimum Gasteiger partial charge on any atom is -0.338 e. The summed E-state index contributed by atoms with van der Waals surface area (Å²) < 4.78 is 31.2. The molecule has 0 aliphatic heterocycles. The Morgan fingerprint density at radius 1 is 1.31 bits per heavy atom. The first-order valence-corrected chi connectivity index (χ1v) is 4.60. The Kier molecular flexibility index (Phi) is 2.66. The second-order valence-corrected chi connectivity index (χ2v) is 3.30. The molecule has 0 fully saturated rings. The van der Waals surface area contributed by atoms with E-state index in [1.165, 1.54) is 13.0 Å². The Hall–Kier alpha value is -1.82. The fourth-order valence-corrected chi connectivity index (χ4v) is 1.28. The van der Waals surface area contributed by atoms with Gasteiger partial charge in [-0.2, -0.15) is 4.98 Å². The van der Waals surface area contributed by atoms with E-state index in [9.17, 15) is 8.78 Å². The highest BCUT2D eigenvalue weighted by atomic mass is 19.1. The number of aryl methyl sites for hydroxylation is 1. The van der Waals surface area contributed by atoms with E-state index < -0.39 is 11.6 Å². The van der Waals surface area contributed by atoms with Gasteiger partial charge in [-0.25, -0.2) is 8.78 Å². The summed E-state index contributed by atoms with van der Waals surface area (Å²) in [5.74, 6) is -1.06. The van der Waals surface area contributed by atoms with Crippen LogP contribution in [0.1, 0.15) is 11.5 Å². The molecule has 0 spiro atoms. The van der Waals surface area contributed by atoms with Crippen LogP contribution in [0.4, 0.5) is 8.78 Å². The van der Waals surface area contributed by atoms with E-state index in [-0.39, 0.29) is 23.8 Å². The molecule has 0 atom stereocenters. The van der Waals surface area contributed by atoms with Crippen molar-refractivity contribution in [2.75, 3.05) is 0 Å². The lowest BCUT2D eigenvalue weighted by Crippen LogP contribution is -1.96. The summed E-state index contributed by atoms with van der Waals surface area (Å²) in [5, 5.41) is 3.56. The topological polar surface area (TPSA) is 64.9 Å². The van der Waals surface area contributed by atoms with Gasteiger partial charge in [0.05, 0.1) is 12.1 Å². The molecule has 0 saturated carbocycles. The monoisotopic (exact) mass is 225 g/mol. The summed E-state index contributed by atoms with van der Waals surface area (Å²) in [6.07, 6.45) is 0. The molecule has 1 heterocycles. The molecule has 2 rings (SSSR count). The predicted octanol–water partition coefficient (Wildman–Crippen LogP) is 1.78. The van der Waals surface area contributed by atoms with E-state index in [0.717, 1.165) is 6.07 Å². The number of nitrogens with two attached hydrogens (primary N) is 1. The molecule has 0 radical (unpaired) electrons. The van der Waals surface area contributed by atoms with Crippen LogP contribution in [-0.2, 0) is 6.54 Å². The van der Waals surface area contributed by atoms with Crippen LogP contribution in [0, 0.1) is 18.6 Å². The third kappa shape index (κ3) is 1.79. The maximum atomic E-state index is 13.4. The van der Waals surface area contributed by atoms with Crippen molar-refractivity contribution in [3.63, 3.8) is 0 Å². The minimum atomic E-state index is -0.729. The van der Waals surface area contributed by atoms with Crippen LogP contribution < -0.4 is 5.73 Å². The van der Waals surface area contributed by atoms with Crippen molar-refractivity contribution >= 4 is 0 Å². The van der Waals surface area contributed by atoms with Crippen LogP contribution in [-0.4, -0.2) is 10.1 Å². The predicted molar refractivity (Wildman–Crippen MR) is 52.3 cm³/mol. The van der Waals surface area contributed by atoms with E-state index in [0.29, 0.717) is 5.56 Å². The molecular weight excluding hydrogens is 216 g/mol. The summed E-state index contributed by atoms with van der Waals surface area (Å²) in [6, 6.07) is 2.12. The molecule has 1 aromatic heterocycles. The third-order valence-corrected chi connectivity index (χ3v) is 2.13. The van der Waals surface area contributed by atoms with Crippen molar-refractivity contribution in [1.82, 2.24) is 10.1 Å². The number of hydrogen-bond donors (Lipinski definition) is 1. The largest absolute Gasteiger partial charge is 0.338 e. The molecule has 4 nitrogen and oxygen atoms in total. The summed E-state index contributed by atoms with van der Waals surface area (Å²) in [6.45, 7) is 1.61. The average molecular weight is 225 g/mol. The van der Waals surface area contributed by atoms with E-state index in [1.54, 1.807) is 0 Å². The standard InChI is InChI=1S/C10H9F2N3O/c1-5-2-6(8(12)3-7(5)11)10-14-9(4-13)16-15-10/h2-3H,4,13H2,1H3. The molecule has 1 aromatic carbocycles. The van der Waals surface area contributed by atoms with Gasteiger partial charge in [0.25, 0.3) is 0 Å². The Bertz CT molecular complexity index is 525. The van der Waals surface area contributed by atoms with Crippen LogP contribution in [0.25, 0.3) is 11.4 Å². The van der Waals surface area contributed by atoms with Crippen molar-refractivity contribution in [1.29, 1.82) is 0 Å². The number of halogens is 2. The number of aromatic nitrogens is 2. The van der Waals surface area contributed by atoms with Crippen LogP contribution in [0.15, 0.2) is 16.7 Å². The Balaban J connectivity index is 2.51. The van der Waals surface area contributed by atoms with Crippen LogP contribution in [0.5, 0.6) is 0 Å². The normalized spacial score (nSPS) is 10.8. The van der Waals surface area contributed by atoms with Gasteiger partial charge in [0, 0.05) is 6.07 Å². The van der Waals surface area contributed by atoms with Crippen molar-refractivity contribution < 1.29 is 13.3 Å². The molecule has 0 aliphatic carbocycles. The Morgan fingerprint density at radius 2 is 2.06 bits per heavy atom. The zero-order valence-electron chi connectivity index (χ0n) is 8.50. The minimum absolute atomic E-state index is 0.0704. The lowest BCUT2D eigenvalue weighted by atomic mass is 10.1. The zero-order chi connectivity index (χ0) is 11.7. The average Bonchev–Trinajstić information content (AvgIpc) is 2.71. The van der Waals surface area contributed by atoms with E-state index >= 15 is 0 Å². The van der Waals surface area contributed by atoms with Gasteiger partial charge in [-0.3, -0.25) is 0 Å². The molecule has 2 N–H and O–H groups in total. The van der Waals surface area contributed by atoms with Gasteiger partial charge < -0.3 is 10.3 Å². The third-order valence-electron chi connectivity index (χ3n) is 2.13. The van der Waals surface area contributed by atoms with Crippen LogP contribution in [0.3, 0.4) is 0 Å². The lowest BCUT2D eigenvalue weighted by Gasteiger charge is -2.00. The van der Waals surface area contributed by atoms with E-state index in [1.807, 2.05) is 0 Å². The van der Waals surface area contributed by atoms with Gasteiger partial charge >= 0.3 is 0 Å². The number of rotatable bonds is 2. The highest BCUT2D eigenvalue weighted by Gasteiger charge is 2.14. The van der Waals surface area contributed by atoms with E-state index in [4.69, 9.17) is 10.3 Å². The van der Waals surface area contributed by atoms with Crippen molar-refractivity contribution in [2.24, 2.45) is 5.73 Å². The van der Waals surface area contributed by atoms with Gasteiger partial charge in [0.2, 0.25) is 11.7 Å². The second-order valence-electron chi connectivity index (χ2n) is 3.30. The van der Waals surface area contributed by atoms with Gasteiger partial charge in [0.1, 0.15) is 11.6 Å². The fraction of sp³-hybridized carbons (Fsp3) is 0.200. The fourth-order valence-electron chi connectivity index (χ4n) is 1.28. The second kappa shape index (κ2) is 3.97. The van der Waals surface area contributed by atoms with Gasteiger partial charge in [-0.15, -0.1) is 0 Å². The summed E-state index contributed by atoms with van der Waals surface area (Å²) >= 11 is 0. The highest BCUT2D eigenvalue weighted by molar-refractivity contribution is 5.56. The first-order valence-electron chi connectivity index (χ1n) is 4.60. The molecule has 0 saturated heterocycles. The van der Waals surface area contributed by atoms with Crippen LogP contribution in [0.2, 0.25) is 0 Å². The summed E-state index contributed by atoms with van der Waals surface area (Å²) in [7, 11) is 0. The van der Waals surface area contributed by atoms with Crippen molar-refractivity contribution in [3.8, 4) is 11.4 Å². The summed E-state index contributed by atoms with van der Waals surface area (Å²) in [5.41, 5.74) is 5.70. The number of benzene rings is 1. The van der Waals surface area contributed by atoms with Gasteiger partial charge in [-0.1, -0.05) is 5.16 Å². The van der Waals surface area contributed by atoms with Gasteiger partial charge in [0.15, 0.2) is 0 Å². The maximum Gasteiger partial charge on any atom is 0.240 e. The summed E-state index contributed by atoms with van der Waals surface area (Å²) in [4.78, 5) is 3.87. The molecule has 84 valence electrons. The lowest BCUT2D eigenvalue weighted by molar-refractivity contribution is 0.380. The first kappa shape index (κ1) is 10.7. The van der Waals surface area contributed by atoms with Crippen molar-refractivity contribution in [2.45, 2.75) is 13.5 Å². The SMILES string of the molecule is Cc1cc(-c2noc(CN)n2)c(F)cc1F. The molecule has 2 aromatic rings. The smallest absolute Gasteiger partial charge is 0.240 e. The molecule has 0 unspecified atom stereocenters. The number of hydrogen-bond acceptors (Lipinski definition) is 4. The van der Waals surface area contributed by atoms with Crippen molar-refractivity contribution in [3.05, 3.63) is 35.2 Å². The van der Waals surface area contributed by atoms with Gasteiger partial charge in [-0.05, 0) is 18.6 Å². The Labute approximate surface area is 90.1 Å². The highest BCUT2D eigenvalue weighted by Crippen LogP contribution is 2.22. The van der Waals surface area contributed by atoms with Crippen LogP contribution >= 0.6 is 0 Å². The maximum absolute atomic E-state index is 13.4. The molecular formula is C10H9F2N3O. The zero-order valence-corrected chi connectivity index (χ0v) is 8.50. The van der Waals surface area contributed by atoms with E-state index in [2.05, 4.69) is 10.1 Å².